The average molecular weight is 274 g/mol. The van der Waals surface area contributed by atoms with Gasteiger partial charge in [-0.25, -0.2) is 0 Å². The third-order valence-electron chi connectivity index (χ3n) is 2.86. The highest BCUT2D eigenvalue weighted by Gasteiger charge is 2.25. The molecular formula is C14H21F3N2. The van der Waals surface area contributed by atoms with Gasteiger partial charge < -0.3 is 10.2 Å². The lowest BCUT2D eigenvalue weighted by Crippen LogP contribution is -2.24. The third kappa shape index (κ3) is 7.72. The van der Waals surface area contributed by atoms with E-state index in [0.29, 0.717) is 6.54 Å². The molecule has 0 aliphatic rings. The number of para-hydroxylation sites is 1. The molecule has 0 unspecified atom stereocenters. The second kappa shape index (κ2) is 8.04. The minimum absolute atomic E-state index is 0.151. The van der Waals surface area contributed by atoms with Gasteiger partial charge in [0.25, 0.3) is 0 Å². The number of hydrogen-bond donors (Lipinski definition) is 1. The normalized spacial score (nSPS) is 11.6. The van der Waals surface area contributed by atoms with E-state index < -0.39 is 12.6 Å². The summed E-state index contributed by atoms with van der Waals surface area (Å²) in [6, 6.07) is 10.0. The van der Waals surface area contributed by atoms with Gasteiger partial charge in [0.05, 0.1) is 0 Å². The van der Waals surface area contributed by atoms with Gasteiger partial charge in [-0.3, -0.25) is 0 Å². The second-order valence-corrected chi connectivity index (χ2v) is 4.58. The fourth-order valence-corrected chi connectivity index (χ4v) is 1.79. The predicted molar refractivity (Wildman–Crippen MR) is 72.5 cm³/mol. The number of nitrogens with one attached hydrogen (secondary N) is 1. The van der Waals surface area contributed by atoms with E-state index in [-0.39, 0.29) is 6.42 Å². The van der Waals surface area contributed by atoms with E-state index in [1.165, 1.54) is 0 Å². The van der Waals surface area contributed by atoms with Gasteiger partial charge in [0.1, 0.15) is 0 Å². The summed E-state index contributed by atoms with van der Waals surface area (Å²) in [5.41, 5.74) is 1.15. The quantitative estimate of drug-likeness (QED) is 0.730. The highest BCUT2D eigenvalue weighted by molar-refractivity contribution is 5.44. The third-order valence-corrected chi connectivity index (χ3v) is 2.86. The van der Waals surface area contributed by atoms with Crippen LogP contribution in [0, 0.1) is 0 Å². The Kier molecular flexibility index (Phi) is 6.70. The van der Waals surface area contributed by atoms with Crippen molar-refractivity contribution >= 4 is 5.69 Å². The minimum atomic E-state index is -4.03. The Morgan fingerprint density at radius 2 is 1.68 bits per heavy atom. The maximum absolute atomic E-state index is 11.9. The molecule has 1 aromatic rings. The highest BCUT2D eigenvalue weighted by atomic mass is 19.4. The maximum atomic E-state index is 11.9. The summed E-state index contributed by atoms with van der Waals surface area (Å²) in [5.74, 6) is 0. The summed E-state index contributed by atoms with van der Waals surface area (Å²) >= 11 is 0. The molecule has 0 atom stereocenters. The van der Waals surface area contributed by atoms with Gasteiger partial charge in [0.2, 0.25) is 0 Å². The van der Waals surface area contributed by atoms with Crippen molar-refractivity contribution in [1.82, 2.24) is 5.32 Å². The van der Waals surface area contributed by atoms with E-state index >= 15 is 0 Å². The summed E-state index contributed by atoms with van der Waals surface area (Å²) in [6.45, 7) is 2.06. The molecule has 0 spiro atoms. The van der Waals surface area contributed by atoms with Crippen LogP contribution in [0.25, 0.3) is 0 Å². The van der Waals surface area contributed by atoms with E-state index in [2.05, 4.69) is 10.2 Å². The zero-order valence-electron chi connectivity index (χ0n) is 11.2. The van der Waals surface area contributed by atoms with Crippen molar-refractivity contribution in [1.29, 1.82) is 0 Å². The van der Waals surface area contributed by atoms with E-state index in [1.54, 1.807) is 0 Å². The highest BCUT2D eigenvalue weighted by Crippen LogP contribution is 2.20. The largest absolute Gasteiger partial charge is 0.389 e. The van der Waals surface area contributed by atoms with Crippen molar-refractivity contribution in [3.63, 3.8) is 0 Å². The number of rotatable bonds is 8. The van der Waals surface area contributed by atoms with Gasteiger partial charge >= 0.3 is 6.18 Å². The molecule has 2 nitrogen and oxygen atoms in total. The summed E-state index contributed by atoms with van der Waals surface area (Å²) in [5, 5.41) is 3.04. The fraction of sp³-hybridized carbons (Fsp3) is 0.571. The summed E-state index contributed by atoms with van der Waals surface area (Å²) in [4.78, 5) is 2.14. The molecule has 0 fully saturated rings. The Morgan fingerprint density at radius 3 is 2.32 bits per heavy atom. The molecule has 0 aliphatic carbocycles. The molecule has 0 saturated heterocycles. The Labute approximate surface area is 112 Å². The number of anilines is 1. The lowest BCUT2D eigenvalue weighted by Gasteiger charge is -2.19. The Hall–Kier alpha value is -1.23. The van der Waals surface area contributed by atoms with Gasteiger partial charge in [0, 0.05) is 25.7 Å². The standard InChI is InChI=1S/C14H21F3N2/c1-19(13-7-3-2-4-8-13)12-6-11-18-10-5-9-14(15,16)17/h2-4,7-8,18H,5-6,9-12H2,1H3. The smallest absolute Gasteiger partial charge is 0.375 e. The SMILES string of the molecule is CN(CCCNCCCC(F)(F)F)c1ccccc1. The molecule has 0 saturated carbocycles. The van der Waals surface area contributed by atoms with Gasteiger partial charge in [-0.05, 0) is 38.1 Å². The maximum Gasteiger partial charge on any atom is 0.389 e. The molecule has 1 rings (SSSR count). The van der Waals surface area contributed by atoms with Crippen LogP contribution < -0.4 is 10.2 Å². The molecule has 0 radical (unpaired) electrons. The Morgan fingerprint density at radius 1 is 1.05 bits per heavy atom. The van der Waals surface area contributed by atoms with Gasteiger partial charge in [0.15, 0.2) is 0 Å². The van der Waals surface area contributed by atoms with Crippen molar-refractivity contribution < 1.29 is 13.2 Å². The monoisotopic (exact) mass is 274 g/mol. The summed E-state index contributed by atoms with van der Waals surface area (Å²) < 4.78 is 35.7. The van der Waals surface area contributed by atoms with Crippen LogP contribution >= 0.6 is 0 Å². The fourth-order valence-electron chi connectivity index (χ4n) is 1.79. The van der Waals surface area contributed by atoms with Crippen molar-refractivity contribution in [2.75, 3.05) is 31.6 Å². The number of hydrogen-bond acceptors (Lipinski definition) is 2. The van der Waals surface area contributed by atoms with Crippen LogP contribution in [0.1, 0.15) is 19.3 Å². The molecule has 0 bridgehead atoms. The topological polar surface area (TPSA) is 15.3 Å². The number of alkyl halides is 3. The van der Waals surface area contributed by atoms with Crippen LogP contribution in [-0.4, -0.2) is 32.9 Å². The number of halogens is 3. The molecule has 1 N–H and O–H groups in total. The molecular weight excluding hydrogens is 253 g/mol. The van der Waals surface area contributed by atoms with Crippen molar-refractivity contribution in [3.05, 3.63) is 30.3 Å². The first-order valence-corrected chi connectivity index (χ1v) is 6.53. The average Bonchev–Trinajstić information content (AvgIpc) is 2.37. The molecule has 5 heteroatoms. The molecule has 19 heavy (non-hydrogen) atoms. The first-order valence-electron chi connectivity index (χ1n) is 6.53. The van der Waals surface area contributed by atoms with Crippen LogP contribution in [0.15, 0.2) is 30.3 Å². The molecule has 0 amide bonds. The van der Waals surface area contributed by atoms with Crippen LogP contribution in [0.2, 0.25) is 0 Å². The zero-order chi connectivity index (χ0) is 14.1. The van der Waals surface area contributed by atoms with E-state index in [0.717, 1.165) is 25.2 Å². The van der Waals surface area contributed by atoms with Gasteiger partial charge in [-0.1, -0.05) is 18.2 Å². The van der Waals surface area contributed by atoms with Crippen LogP contribution in [-0.2, 0) is 0 Å². The number of benzene rings is 1. The van der Waals surface area contributed by atoms with Crippen molar-refractivity contribution in [2.45, 2.75) is 25.4 Å². The zero-order valence-corrected chi connectivity index (χ0v) is 11.2. The Bertz CT molecular complexity index is 338. The van der Waals surface area contributed by atoms with E-state index in [4.69, 9.17) is 0 Å². The first kappa shape index (κ1) is 15.8. The lowest BCUT2D eigenvalue weighted by atomic mass is 10.2. The summed E-state index contributed by atoms with van der Waals surface area (Å²) in [6.07, 6.45) is -3.67. The summed E-state index contributed by atoms with van der Waals surface area (Å²) in [7, 11) is 2.01. The first-order chi connectivity index (χ1) is 8.99. The van der Waals surface area contributed by atoms with Crippen LogP contribution in [0.4, 0.5) is 18.9 Å². The second-order valence-electron chi connectivity index (χ2n) is 4.58. The van der Waals surface area contributed by atoms with Gasteiger partial charge in [-0.15, -0.1) is 0 Å². The molecule has 0 aromatic heterocycles. The van der Waals surface area contributed by atoms with Crippen LogP contribution in [0.5, 0.6) is 0 Å². The van der Waals surface area contributed by atoms with Gasteiger partial charge in [-0.2, -0.15) is 13.2 Å². The minimum Gasteiger partial charge on any atom is -0.375 e. The predicted octanol–water partition coefficient (Wildman–Crippen LogP) is 3.45. The molecule has 108 valence electrons. The Balaban J connectivity index is 2.02. The van der Waals surface area contributed by atoms with Crippen molar-refractivity contribution in [2.24, 2.45) is 0 Å². The van der Waals surface area contributed by atoms with E-state index in [1.807, 2.05) is 37.4 Å². The molecule has 0 heterocycles. The number of nitrogens with zero attached hydrogens (tertiary/aromatic N) is 1. The van der Waals surface area contributed by atoms with Crippen molar-refractivity contribution in [3.8, 4) is 0 Å². The lowest BCUT2D eigenvalue weighted by molar-refractivity contribution is -0.135. The molecule has 1 aromatic carbocycles. The van der Waals surface area contributed by atoms with E-state index in [9.17, 15) is 13.2 Å². The van der Waals surface area contributed by atoms with Crippen LogP contribution in [0.3, 0.4) is 0 Å². The molecule has 0 aliphatic heterocycles.